The minimum Gasteiger partial charge on any atom is -1.00 e. The fourth-order valence-corrected chi connectivity index (χ4v) is 6.15. The topological polar surface area (TPSA) is 0 Å². The molecule has 0 spiro atoms. The van der Waals surface area contributed by atoms with E-state index >= 15 is 0 Å². The van der Waals surface area contributed by atoms with Crippen molar-refractivity contribution < 1.29 is 51.0 Å². The molecule has 0 radical (unpaired) electrons. The molecule has 37 heavy (non-hydrogen) atoms. The van der Waals surface area contributed by atoms with Crippen LogP contribution in [0.2, 0.25) is 0 Å². The van der Waals surface area contributed by atoms with Crippen LogP contribution >= 0.6 is 8.19 Å². The van der Waals surface area contributed by atoms with E-state index in [9.17, 15) is 0 Å². The minimum atomic E-state index is 0. The molecule has 2 atom stereocenters. The maximum atomic E-state index is 3.64. The van der Waals surface area contributed by atoms with Gasteiger partial charge in [-0.3, -0.25) is 0 Å². The van der Waals surface area contributed by atoms with E-state index in [1.165, 1.54) is 62.7 Å². The van der Waals surface area contributed by atoms with Crippen LogP contribution in [0.25, 0.3) is 33.1 Å². The SMILES string of the molecule is [C-]1=C2CCC2c2ccccc21.[Cl-].[Cl-].[Zr+4].[c-]1[pH]c(-c2ccccc2)c(-c2ccccc2)c1-c1ccccc1. The van der Waals surface area contributed by atoms with Crippen molar-refractivity contribution in [2.75, 3.05) is 0 Å². The normalized spacial score (nSPS) is 14.3. The van der Waals surface area contributed by atoms with Crippen LogP contribution in [0.5, 0.6) is 0 Å². The summed E-state index contributed by atoms with van der Waals surface area (Å²) in [5.74, 6) is 4.40. The summed E-state index contributed by atoms with van der Waals surface area (Å²) in [5, 5.41) is 1.38. The molecular weight excluding hydrogens is 589 g/mol. The van der Waals surface area contributed by atoms with Gasteiger partial charge in [0.2, 0.25) is 0 Å². The van der Waals surface area contributed by atoms with Crippen LogP contribution in [-0.2, 0) is 26.2 Å². The molecule has 1 fully saturated rings. The Balaban J connectivity index is 0.000000230. The van der Waals surface area contributed by atoms with E-state index in [-0.39, 0.29) is 51.0 Å². The van der Waals surface area contributed by atoms with Crippen LogP contribution in [0.3, 0.4) is 0 Å². The average Bonchev–Trinajstić information content (AvgIpc) is 3.45. The molecule has 2 unspecified atom stereocenters. The quantitative estimate of drug-likeness (QED) is 0.274. The fourth-order valence-electron chi connectivity index (χ4n) is 4.92. The van der Waals surface area contributed by atoms with Crippen molar-refractivity contribution in [1.82, 2.24) is 0 Å². The predicted octanol–water partition coefficient (Wildman–Crippen LogP) is 3.18. The van der Waals surface area contributed by atoms with Gasteiger partial charge in [-0.05, 0) is 6.42 Å². The largest absolute Gasteiger partial charge is 4.00 e. The van der Waals surface area contributed by atoms with Crippen LogP contribution in [0.1, 0.15) is 29.9 Å². The van der Waals surface area contributed by atoms with E-state index in [1.807, 2.05) is 0 Å². The van der Waals surface area contributed by atoms with Crippen molar-refractivity contribution >= 4 is 8.19 Å². The maximum Gasteiger partial charge on any atom is 4.00 e. The molecule has 1 heterocycles. The molecule has 4 heteroatoms. The summed E-state index contributed by atoms with van der Waals surface area (Å²) in [6, 6.07) is 40.6. The molecular formula is C33H25Cl2PZr. The molecule has 1 aromatic heterocycles. The van der Waals surface area contributed by atoms with Crippen LogP contribution < -0.4 is 24.8 Å². The first-order chi connectivity index (χ1) is 16.9. The molecule has 0 amide bonds. The zero-order chi connectivity index (χ0) is 22.7. The molecule has 4 aromatic carbocycles. The van der Waals surface area contributed by atoms with Gasteiger partial charge < -0.3 is 24.8 Å². The fraction of sp³-hybridized carbons (Fsp3) is 0.0909. The molecule has 7 rings (SSSR count). The van der Waals surface area contributed by atoms with Gasteiger partial charge >= 0.3 is 26.2 Å². The van der Waals surface area contributed by atoms with Crippen molar-refractivity contribution in [2.45, 2.75) is 18.8 Å². The van der Waals surface area contributed by atoms with Crippen molar-refractivity contribution in [1.29, 1.82) is 0 Å². The maximum absolute atomic E-state index is 3.64. The number of fused-ring (bicyclic) bond motifs is 3. The molecule has 2 aliphatic rings. The third-order valence-electron chi connectivity index (χ3n) is 6.75. The van der Waals surface area contributed by atoms with Gasteiger partial charge in [0.05, 0.1) is 0 Å². The number of halogens is 2. The average molecular weight is 615 g/mol. The zero-order valence-electron chi connectivity index (χ0n) is 20.2. The molecule has 0 bridgehead atoms. The molecule has 0 N–H and O–H groups in total. The number of hydrogen-bond donors (Lipinski definition) is 0. The van der Waals surface area contributed by atoms with E-state index in [4.69, 9.17) is 0 Å². The standard InChI is InChI=1S/C22H16P.C11H9.2ClH.Zr/c1-4-10-17(11-5-1)20-16-23-22(19-14-8-3-9-15-19)21(20)18-12-6-2-7-13-18;1-2-4-10-8(3-1)7-9-5-6-11(9)10;;;/h1-15,23H;1-4,11H,5-6H2;2*1H;/q2*-1;;;+4/p-2. The molecule has 0 nitrogen and oxygen atoms in total. The molecule has 1 saturated carbocycles. The summed E-state index contributed by atoms with van der Waals surface area (Å²) in [5.41, 5.74) is 10.7. The Labute approximate surface area is 253 Å². The molecule has 180 valence electrons. The second-order valence-electron chi connectivity index (χ2n) is 8.80. The van der Waals surface area contributed by atoms with Crippen LogP contribution in [0.15, 0.2) is 121 Å². The van der Waals surface area contributed by atoms with E-state index in [0.29, 0.717) is 8.19 Å². The second-order valence-corrected chi connectivity index (χ2v) is 9.80. The first kappa shape index (κ1) is 29.4. The molecule has 0 aliphatic heterocycles. The van der Waals surface area contributed by atoms with Crippen molar-refractivity contribution in [3.05, 3.63) is 144 Å². The van der Waals surface area contributed by atoms with Gasteiger partial charge in [-0.25, -0.2) is 8.19 Å². The summed E-state index contributed by atoms with van der Waals surface area (Å²) >= 11 is 0. The van der Waals surface area contributed by atoms with Gasteiger partial charge in [-0.15, -0.1) is 45.5 Å². The van der Waals surface area contributed by atoms with Gasteiger partial charge in [0.15, 0.2) is 0 Å². The number of rotatable bonds is 3. The molecule has 0 saturated heterocycles. The number of allylic oxidation sites excluding steroid dienone is 1. The summed E-state index contributed by atoms with van der Waals surface area (Å²) in [6.45, 7) is 0. The van der Waals surface area contributed by atoms with Gasteiger partial charge in [0, 0.05) is 0 Å². The van der Waals surface area contributed by atoms with E-state index in [1.54, 1.807) is 0 Å². The van der Waals surface area contributed by atoms with Crippen molar-refractivity contribution in [3.63, 3.8) is 0 Å². The van der Waals surface area contributed by atoms with Gasteiger partial charge in [0.1, 0.15) is 0 Å². The van der Waals surface area contributed by atoms with E-state index in [0.717, 1.165) is 5.92 Å². The second kappa shape index (κ2) is 13.6. The third kappa shape index (κ3) is 6.13. The summed E-state index contributed by atoms with van der Waals surface area (Å²) in [6.07, 6.45) is 6.07. The smallest absolute Gasteiger partial charge is 1.00 e. The Morgan fingerprint density at radius 1 is 0.622 bits per heavy atom. The van der Waals surface area contributed by atoms with Gasteiger partial charge in [0.25, 0.3) is 0 Å². The Bertz CT molecular complexity index is 1390. The van der Waals surface area contributed by atoms with Crippen LogP contribution in [-0.4, -0.2) is 0 Å². The summed E-state index contributed by atoms with van der Waals surface area (Å²) in [7, 11) is 0.581. The Morgan fingerprint density at radius 3 is 1.76 bits per heavy atom. The zero-order valence-corrected chi connectivity index (χ0v) is 25.2. The summed E-state index contributed by atoms with van der Waals surface area (Å²) < 4.78 is 0. The summed E-state index contributed by atoms with van der Waals surface area (Å²) in [4.78, 5) is 0. The third-order valence-corrected chi connectivity index (χ3v) is 7.92. The number of benzene rings is 4. The van der Waals surface area contributed by atoms with E-state index in [2.05, 4.69) is 127 Å². The van der Waals surface area contributed by atoms with Gasteiger partial charge in [-0.1, -0.05) is 126 Å². The van der Waals surface area contributed by atoms with Gasteiger partial charge in [-0.2, -0.15) is 17.7 Å². The Hall–Kier alpha value is -2.14. The first-order valence-corrected chi connectivity index (χ1v) is 12.9. The van der Waals surface area contributed by atoms with Crippen LogP contribution in [0.4, 0.5) is 0 Å². The molecule has 2 aliphatic carbocycles. The monoisotopic (exact) mass is 612 g/mol. The molecule has 5 aromatic rings. The number of hydrogen-bond acceptors (Lipinski definition) is 0. The minimum absolute atomic E-state index is 0. The Morgan fingerprint density at radius 2 is 1.16 bits per heavy atom. The van der Waals surface area contributed by atoms with Crippen molar-refractivity contribution in [3.8, 4) is 33.1 Å². The van der Waals surface area contributed by atoms with Crippen molar-refractivity contribution in [2.24, 2.45) is 0 Å². The Kier molecular flexibility index (Phi) is 10.8. The van der Waals surface area contributed by atoms with E-state index < -0.39 is 0 Å². The first-order valence-electron chi connectivity index (χ1n) is 11.9. The van der Waals surface area contributed by atoms with Crippen LogP contribution in [0, 0.1) is 11.9 Å². The predicted molar refractivity (Wildman–Crippen MR) is 145 cm³/mol.